The van der Waals surface area contributed by atoms with Crippen LogP contribution in [0.2, 0.25) is 0 Å². The fourth-order valence-electron chi connectivity index (χ4n) is 3.49. The summed E-state index contributed by atoms with van der Waals surface area (Å²) >= 11 is 1.08. The average Bonchev–Trinajstić information content (AvgIpc) is 2.73. The Hall–Kier alpha value is -0.460. The van der Waals surface area contributed by atoms with Crippen molar-refractivity contribution < 1.29 is 74.6 Å². The van der Waals surface area contributed by atoms with Gasteiger partial charge in [0.1, 0.15) is 0 Å². The maximum absolute atomic E-state index is 14.3. The van der Waals surface area contributed by atoms with E-state index in [1.807, 2.05) is 6.92 Å². The highest BCUT2D eigenvalue weighted by Crippen LogP contribution is 2.64. The molecule has 0 aliphatic heterocycles. The Kier molecular flexibility index (Phi) is 12.3. The zero-order valence-electron chi connectivity index (χ0n) is 20.4. The predicted octanol–water partition coefficient (Wildman–Crippen LogP) is 11.1. The van der Waals surface area contributed by atoms with E-state index >= 15 is 0 Å². The van der Waals surface area contributed by atoms with Crippen molar-refractivity contribution in [3.8, 4) is 0 Å². The summed E-state index contributed by atoms with van der Waals surface area (Å²) in [6.07, 6.45) is -5.17. The molecule has 0 heterocycles. The van der Waals surface area contributed by atoms with Gasteiger partial charge in [0.2, 0.25) is 0 Å². The van der Waals surface area contributed by atoms with Crippen LogP contribution in [0.15, 0.2) is 0 Å². The first-order chi connectivity index (χ1) is 17.0. The molecule has 0 amide bonds. The first-order valence-electron chi connectivity index (χ1n) is 11.4. The van der Waals surface area contributed by atoms with Crippen LogP contribution < -0.4 is 0 Å². The molecule has 0 aliphatic carbocycles. The van der Waals surface area contributed by atoms with Gasteiger partial charge >= 0.3 is 47.6 Å². The van der Waals surface area contributed by atoms with Crippen LogP contribution in [0.3, 0.4) is 0 Å². The Balaban J connectivity index is 5.92. The van der Waals surface area contributed by atoms with Crippen molar-refractivity contribution in [1.29, 1.82) is 0 Å². The van der Waals surface area contributed by atoms with E-state index in [0.717, 1.165) is 61.6 Å². The highest BCUT2D eigenvalue weighted by Gasteiger charge is 2.95. The quantitative estimate of drug-likeness (QED) is 0.0606. The number of hydrogen-bond acceptors (Lipinski definition) is 0. The van der Waals surface area contributed by atoms with Crippen molar-refractivity contribution in [3.63, 3.8) is 0 Å². The third kappa shape index (κ3) is 7.49. The van der Waals surface area contributed by atoms with Gasteiger partial charge in [0.15, 0.2) is 0 Å². The second-order valence-corrected chi connectivity index (χ2v) is 12.1. The normalized spacial score (nSPS) is 16.9. The second kappa shape index (κ2) is 12.4. The molecule has 0 radical (unpaired) electrons. The maximum Gasteiger partial charge on any atom is 0.460 e. The SMILES string of the molecule is CCCCCCCCCCC(C)(I)CC(F)(F)C(F)(F)C(F)(F)C(F)(F)C(F)(F)C(F)(F)C(F)(F)C(F)(F)F. The topological polar surface area (TPSA) is 0 Å². The van der Waals surface area contributed by atoms with Gasteiger partial charge in [-0.25, -0.2) is 0 Å². The van der Waals surface area contributed by atoms with Crippen LogP contribution in [0.25, 0.3) is 0 Å². The molecule has 0 saturated heterocycles. The average molecular weight is 728 g/mol. The summed E-state index contributed by atoms with van der Waals surface area (Å²) in [5, 5.41) is 0. The minimum atomic E-state index is -8.59. The molecule has 0 aliphatic rings. The molecule has 0 aromatic rings. The summed E-state index contributed by atoms with van der Waals surface area (Å²) in [4.78, 5) is 0. The molecule has 0 saturated carbocycles. The monoisotopic (exact) mass is 728 g/mol. The molecule has 0 aromatic carbocycles. The first kappa shape index (κ1) is 38.5. The smallest absolute Gasteiger partial charge is 0.200 e. The summed E-state index contributed by atoms with van der Waals surface area (Å²) in [7, 11) is 0. The maximum atomic E-state index is 14.3. The van der Waals surface area contributed by atoms with Gasteiger partial charge in [0.25, 0.3) is 0 Å². The predicted molar refractivity (Wildman–Crippen MR) is 115 cm³/mol. The Morgan fingerprint density at radius 2 is 0.744 bits per heavy atom. The third-order valence-corrected chi connectivity index (χ3v) is 6.85. The van der Waals surface area contributed by atoms with E-state index in [1.165, 1.54) is 0 Å². The summed E-state index contributed by atoms with van der Waals surface area (Å²) < 4.78 is 226. The Labute approximate surface area is 226 Å². The van der Waals surface area contributed by atoms with Crippen molar-refractivity contribution in [3.05, 3.63) is 0 Å². The minimum Gasteiger partial charge on any atom is -0.200 e. The molecule has 0 N–H and O–H groups in total. The zero-order chi connectivity index (χ0) is 31.6. The van der Waals surface area contributed by atoms with Crippen LogP contribution in [-0.4, -0.2) is 51.1 Å². The standard InChI is InChI=1S/C21H26F17I/c1-3-4-5-6-7-8-9-10-11-13(2,39)12-14(22,23)15(24,25)16(26,27)17(28,29)18(30,31)19(32,33)20(34,35)21(36,37)38/h3-12H2,1-2H3. The molecule has 1 unspecified atom stereocenters. The van der Waals surface area contributed by atoms with Crippen molar-refractivity contribution in [1.82, 2.24) is 0 Å². The molecule has 236 valence electrons. The number of alkyl halides is 18. The van der Waals surface area contributed by atoms with Crippen LogP contribution in [-0.2, 0) is 0 Å². The molecule has 0 rings (SSSR count). The van der Waals surface area contributed by atoms with E-state index in [9.17, 15) is 74.6 Å². The highest BCUT2D eigenvalue weighted by molar-refractivity contribution is 14.1. The Morgan fingerprint density at radius 3 is 1.10 bits per heavy atom. The van der Waals surface area contributed by atoms with Crippen molar-refractivity contribution >= 4 is 22.6 Å². The highest BCUT2D eigenvalue weighted by atomic mass is 127. The third-order valence-electron chi connectivity index (χ3n) is 5.93. The number of hydrogen-bond donors (Lipinski definition) is 0. The van der Waals surface area contributed by atoms with E-state index in [-0.39, 0.29) is 6.42 Å². The van der Waals surface area contributed by atoms with Gasteiger partial charge in [-0.15, -0.1) is 0 Å². The van der Waals surface area contributed by atoms with Crippen LogP contribution >= 0.6 is 22.6 Å². The van der Waals surface area contributed by atoms with E-state index in [2.05, 4.69) is 0 Å². The van der Waals surface area contributed by atoms with Gasteiger partial charge in [0, 0.05) is 9.84 Å². The number of rotatable bonds is 17. The second-order valence-electron chi connectivity index (χ2n) is 9.46. The Bertz CT molecular complexity index is 771. The summed E-state index contributed by atoms with van der Waals surface area (Å²) in [6, 6.07) is 0. The van der Waals surface area contributed by atoms with E-state index < -0.39 is 63.9 Å². The lowest BCUT2D eigenvalue weighted by molar-refractivity contribution is -0.462. The lowest BCUT2D eigenvalue weighted by atomic mass is 9.85. The van der Waals surface area contributed by atoms with Gasteiger partial charge in [-0.05, 0) is 6.42 Å². The summed E-state index contributed by atoms with van der Waals surface area (Å²) in [5.74, 6) is -55.9. The molecule has 0 bridgehead atoms. The molecule has 0 nitrogen and oxygen atoms in total. The molecule has 1 atom stereocenters. The molecule has 0 aromatic heterocycles. The zero-order valence-corrected chi connectivity index (χ0v) is 22.5. The van der Waals surface area contributed by atoms with Gasteiger partial charge < -0.3 is 0 Å². The fraction of sp³-hybridized carbons (Fsp3) is 1.00. The van der Waals surface area contributed by atoms with Gasteiger partial charge in [-0.1, -0.05) is 87.8 Å². The molecular formula is C21H26F17I. The first-order valence-corrected chi connectivity index (χ1v) is 12.5. The van der Waals surface area contributed by atoms with Gasteiger partial charge in [0.05, 0.1) is 0 Å². The van der Waals surface area contributed by atoms with E-state index in [1.54, 1.807) is 0 Å². The molecule has 0 fully saturated rings. The van der Waals surface area contributed by atoms with Crippen LogP contribution in [0.4, 0.5) is 74.6 Å². The van der Waals surface area contributed by atoms with Crippen molar-refractivity contribution in [2.75, 3.05) is 0 Å². The van der Waals surface area contributed by atoms with Gasteiger partial charge in [-0.3, -0.25) is 0 Å². The largest absolute Gasteiger partial charge is 0.460 e. The summed E-state index contributed by atoms with van der Waals surface area (Å²) in [5.41, 5.74) is 0. The van der Waals surface area contributed by atoms with Crippen LogP contribution in [0.5, 0.6) is 0 Å². The molecule has 18 heteroatoms. The Morgan fingerprint density at radius 1 is 0.436 bits per heavy atom. The molecule has 39 heavy (non-hydrogen) atoms. The van der Waals surface area contributed by atoms with Crippen LogP contribution in [0.1, 0.15) is 78.1 Å². The number of halogens is 18. The van der Waals surface area contributed by atoms with Crippen molar-refractivity contribution in [2.24, 2.45) is 0 Å². The van der Waals surface area contributed by atoms with E-state index in [4.69, 9.17) is 0 Å². The molecular weight excluding hydrogens is 702 g/mol. The summed E-state index contributed by atoms with van der Waals surface area (Å²) in [6.45, 7) is 2.76. The lowest BCUT2D eigenvalue weighted by Gasteiger charge is -2.43. The van der Waals surface area contributed by atoms with Gasteiger partial charge in [-0.2, -0.15) is 74.6 Å². The van der Waals surface area contributed by atoms with E-state index in [0.29, 0.717) is 12.8 Å². The number of unbranched alkanes of at least 4 members (excludes halogenated alkanes) is 7. The fourth-order valence-corrected chi connectivity index (χ4v) is 4.35. The minimum absolute atomic E-state index is 0.0538. The molecule has 0 spiro atoms. The van der Waals surface area contributed by atoms with Crippen LogP contribution in [0, 0.1) is 0 Å². The lowest BCUT2D eigenvalue weighted by Crippen LogP contribution is -2.74. The van der Waals surface area contributed by atoms with Crippen molar-refractivity contribution in [2.45, 2.75) is 129 Å².